The van der Waals surface area contributed by atoms with Crippen LogP contribution in [0.5, 0.6) is 0 Å². The van der Waals surface area contributed by atoms with E-state index in [-0.39, 0.29) is 5.78 Å². The fraction of sp³-hybridized carbons (Fsp3) is 0.0769. The summed E-state index contributed by atoms with van der Waals surface area (Å²) in [6.45, 7) is 1.50. The van der Waals surface area contributed by atoms with Crippen LogP contribution in [-0.4, -0.2) is 25.9 Å². The Morgan fingerprint density at radius 2 is 2.22 bits per heavy atom. The van der Waals surface area contributed by atoms with E-state index in [1.807, 2.05) is 18.2 Å². The number of H-pyrrole nitrogens is 1. The average Bonchev–Trinajstić information content (AvgIpc) is 2.82. The standard InChI is InChI=1S/C13H10N4O/c1-8(18)13-10-5-11(9-3-2-4-14-6-9)15-7-12(10)16-17-13/h2-7H,1H3,(H,16,17). The molecular weight excluding hydrogens is 228 g/mol. The fourth-order valence-corrected chi connectivity index (χ4v) is 1.86. The zero-order valence-electron chi connectivity index (χ0n) is 9.71. The maximum Gasteiger partial charge on any atom is 0.180 e. The molecule has 0 amide bonds. The molecular formula is C13H10N4O. The molecule has 88 valence electrons. The first-order chi connectivity index (χ1) is 8.75. The van der Waals surface area contributed by atoms with Gasteiger partial charge in [-0.05, 0) is 18.2 Å². The van der Waals surface area contributed by atoms with Crippen molar-refractivity contribution < 1.29 is 4.79 Å². The zero-order valence-corrected chi connectivity index (χ0v) is 9.71. The molecule has 0 aliphatic heterocycles. The van der Waals surface area contributed by atoms with Gasteiger partial charge in [-0.15, -0.1) is 0 Å². The van der Waals surface area contributed by atoms with Crippen LogP contribution >= 0.6 is 0 Å². The topological polar surface area (TPSA) is 71.5 Å². The number of ketones is 1. The third kappa shape index (κ3) is 1.66. The SMILES string of the molecule is CC(=O)c1n[nH]c2cnc(-c3cccnc3)cc12. The first-order valence-corrected chi connectivity index (χ1v) is 5.51. The van der Waals surface area contributed by atoms with Gasteiger partial charge < -0.3 is 0 Å². The summed E-state index contributed by atoms with van der Waals surface area (Å²) in [7, 11) is 0. The van der Waals surface area contributed by atoms with E-state index >= 15 is 0 Å². The van der Waals surface area contributed by atoms with E-state index in [4.69, 9.17) is 0 Å². The van der Waals surface area contributed by atoms with E-state index in [9.17, 15) is 4.79 Å². The van der Waals surface area contributed by atoms with Gasteiger partial charge in [0.1, 0.15) is 5.69 Å². The van der Waals surface area contributed by atoms with Crippen LogP contribution in [0.15, 0.2) is 36.8 Å². The van der Waals surface area contributed by atoms with Gasteiger partial charge in [0.15, 0.2) is 5.78 Å². The summed E-state index contributed by atoms with van der Waals surface area (Å²) < 4.78 is 0. The highest BCUT2D eigenvalue weighted by Gasteiger charge is 2.11. The van der Waals surface area contributed by atoms with Gasteiger partial charge in [0.05, 0.1) is 17.4 Å². The van der Waals surface area contributed by atoms with Crippen molar-refractivity contribution in [2.45, 2.75) is 6.92 Å². The zero-order chi connectivity index (χ0) is 12.5. The Hall–Kier alpha value is -2.56. The highest BCUT2D eigenvalue weighted by Crippen LogP contribution is 2.22. The Balaban J connectivity index is 2.21. The van der Waals surface area contributed by atoms with Crippen LogP contribution in [0.25, 0.3) is 22.2 Å². The quantitative estimate of drug-likeness (QED) is 0.695. The number of carbonyl (C=O) groups excluding carboxylic acids is 1. The lowest BCUT2D eigenvalue weighted by Crippen LogP contribution is -1.93. The summed E-state index contributed by atoms with van der Waals surface area (Å²) in [5.74, 6) is -0.0652. The van der Waals surface area contributed by atoms with E-state index in [0.29, 0.717) is 5.69 Å². The lowest BCUT2D eigenvalue weighted by Gasteiger charge is -2.00. The summed E-state index contributed by atoms with van der Waals surface area (Å²) in [5.41, 5.74) is 2.89. The van der Waals surface area contributed by atoms with Crippen LogP contribution in [0.3, 0.4) is 0 Å². The van der Waals surface area contributed by atoms with Gasteiger partial charge in [-0.1, -0.05) is 0 Å². The second-order valence-electron chi connectivity index (χ2n) is 3.99. The predicted octanol–water partition coefficient (Wildman–Crippen LogP) is 2.22. The molecule has 0 atom stereocenters. The van der Waals surface area contributed by atoms with E-state index in [1.165, 1.54) is 6.92 Å². The first-order valence-electron chi connectivity index (χ1n) is 5.51. The molecule has 0 bridgehead atoms. The molecule has 0 saturated heterocycles. The lowest BCUT2D eigenvalue weighted by molar-refractivity contribution is 0.101. The van der Waals surface area contributed by atoms with E-state index in [1.54, 1.807) is 18.6 Å². The predicted molar refractivity (Wildman–Crippen MR) is 67.1 cm³/mol. The Labute approximate surface area is 103 Å². The van der Waals surface area contributed by atoms with Crippen LogP contribution in [-0.2, 0) is 0 Å². The van der Waals surface area contributed by atoms with Crippen LogP contribution in [0.2, 0.25) is 0 Å². The van der Waals surface area contributed by atoms with Crippen molar-refractivity contribution in [3.63, 3.8) is 0 Å². The molecule has 3 heterocycles. The van der Waals surface area contributed by atoms with Gasteiger partial charge in [-0.3, -0.25) is 19.9 Å². The van der Waals surface area contributed by atoms with Crippen molar-refractivity contribution >= 4 is 16.7 Å². The van der Waals surface area contributed by atoms with Crippen LogP contribution < -0.4 is 0 Å². The number of hydrogen-bond donors (Lipinski definition) is 1. The number of carbonyl (C=O) groups is 1. The van der Waals surface area contributed by atoms with Crippen molar-refractivity contribution in [3.05, 3.63) is 42.5 Å². The number of pyridine rings is 2. The largest absolute Gasteiger partial charge is 0.293 e. The number of nitrogens with one attached hydrogen (secondary N) is 1. The lowest BCUT2D eigenvalue weighted by atomic mass is 10.1. The molecule has 5 heteroatoms. The number of aromatic amines is 1. The molecule has 0 radical (unpaired) electrons. The van der Waals surface area contributed by atoms with Crippen molar-refractivity contribution in [3.8, 4) is 11.3 Å². The first kappa shape index (κ1) is 10.6. The van der Waals surface area contributed by atoms with Crippen molar-refractivity contribution in [2.75, 3.05) is 0 Å². The molecule has 18 heavy (non-hydrogen) atoms. The van der Waals surface area contributed by atoms with Gasteiger partial charge in [0, 0.05) is 30.3 Å². The second kappa shape index (κ2) is 4.03. The number of rotatable bonds is 2. The summed E-state index contributed by atoms with van der Waals surface area (Å²) in [6, 6.07) is 5.63. The molecule has 1 N–H and O–H groups in total. The van der Waals surface area contributed by atoms with Gasteiger partial charge in [-0.2, -0.15) is 5.10 Å². The third-order valence-electron chi connectivity index (χ3n) is 2.74. The fourth-order valence-electron chi connectivity index (χ4n) is 1.86. The Morgan fingerprint density at radius 3 is 2.94 bits per heavy atom. The molecule has 0 unspecified atom stereocenters. The molecule has 0 aromatic carbocycles. The van der Waals surface area contributed by atoms with Gasteiger partial charge in [-0.25, -0.2) is 0 Å². The Morgan fingerprint density at radius 1 is 1.33 bits per heavy atom. The molecule has 3 rings (SSSR count). The third-order valence-corrected chi connectivity index (χ3v) is 2.74. The highest BCUT2D eigenvalue weighted by molar-refractivity contribution is 6.05. The molecule has 3 aromatic heterocycles. The van der Waals surface area contributed by atoms with Crippen LogP contribution in [0.1, 0.15) is 17.4 Å². The summed E-state index contributed by atoms with van der Waals surface area (Å²) in [6.07, 6.45) is 5.12. The van der Waals surface area contributed by atoms with E-state index in [2.05, 4.69) is 20.2 Å². The minimum absolute atomic E-state index is 0.0652. The summed E-state index contributed by atoms with van der Waals surface area (Å²) in [4.78, 5) is 19.8. The maximum absolute atomic E-state index is 11.5. The molecule has 0 aliphatic rings. The van der Waals surface area contributed by atoms with Crippen molar-refractivity contribution in [1.29, 1.82) is 0 Å². The molecule has 0 aliphatic carbocycles. The summed E-state index contributed by atoms with van der Waals surface area (Å²) >= 11 is 0. The highest BCUT2D eigenvalue weighted by atomic mass is 16.1. The number of hydrogen-bond acceptors (Lipinski definition) is 4. The van der Waals surface area contributed by atoms with Gasteiger partial charge in [0.25, 0.3) is 0 Å². The molecule has 3 aromatic rings. The smallest absolute Gasteiger partial charge is 0.180 e. The number of Topliss-reactive ketones (excluding diaryl/α,β-unsaturated/α-hetero) is 1. The van der Waals surface area contributed by atoms with E-state index in [0.717, 1.165) is 22.2 Å². The number of fused-ring (bicyclic) bond motifs is 1. The van der Waals surface area contributed by atoms with Crippen LogP contribution in [0.4, 0.5) is 0 Å². The minimum atomic E-state index is -0.0652. The van der Waals surface area contributed by atoms with Crippen molar-refractivity contribution in [2.24, 2.45) is 0 Å². The molecule has 0 spiro atoms. The maximum atomic E-state index is 11.5. The molecule has 5 nitrogen and oxygen atoms in total. The van der Waals surface area contributed by atoms with Crippen molar-refractivity contribution in [1.82, 2.24) is 20.2 Å². The molecule has 0 fully saturated rings. The Kier molecular flexibility index (Phi) is 2.37. The molecule has 0 saturated carbocycles. The van der Waals surface area contributed by atoms with Gasteiger partial charge in [0.2, 0.25) is 0 Å². The number of nitrogens with zero attached hydrogens (tertiary/aromatic N) is 3. The number of aromatic nitrogens is 4. The summed E-state index contributed by atoms with van der Waals surface area (Å²) in [5, 5.41) is 7.59. The minimum Gasteiger partial charge on any atom is -0.293 e. The Bertz CT molecular complexity index is 718. The van der Waals surface area contributed by atoms with E-state index < -0.39 is 0 Å². The normalized spacial score (nSPS) is 10.7. The van der Waals surface area contributed by atoms with Gasteiger partial charge >= 0.3 is 0 Å². The van der Waals surface area contributed by atoms with Crippen LogP contribution in [0, 0.1) is 0 Å². The average molecular weight is 238 g/mol. The second-order valence-corrected chi connectivity index (χ2v) is 3.99. The monoisotopic (exact) mass is 238 g/mol.